The van der Waals surface area contributed by atoms with Gasteiger partial charge in [0.25, 0.3) is 0 Å². The summed E-state index contributed by atoms with van der Waals surface area (Å²) in [5, 5.41) is 12.9. The minimum atomic E-state index is 0. The molecule has 0 bridgehead atoms. The van der Waals surface area contributed by atoms with Crippen molar-refractivity contribution in [2.24, 2.45) is 11.1 Å². The van der Waals surface area contributed by atoms with Crippen LogP contribution >= 0.6 is 0 Å². The second kappa shape index (κ2) is 32.9. The Balaban J connectivity index is -0.000000249. The summed E-state index contributed by atoms with van der Waals surface area (Å²) in [6, 6.07) is 12.2. The molecule has 0 amide bonds. The van der Waals surface area contributed by atoms with Gasteiger partial charge in [-0.25, -0.2) is 0 Å². The van der Waals surface area contributed by atoms with Crippen LogP contribution in [0.1, 0.15) is 111 Å². The summed E-state index contributed by atoms with van der Waals surface area (Å²) in [6.45, 7) is 23.5. The summed E-state index contributed by atoms with van der Waals surface area (Å²) >= 11 is 0. The van der Waals surface area contributed by atoms with E-state index in [9.17, 15) is 5.21 Å². The molecule has 4 nitrogen and oxygen atoms in total. The molecule has 1 N–H and O–H groups in total. The van der Waals surface area contributed by atoms with Gasteiger partial charge in [-0.2, -0.15) is 13.3 Å². The van der Waals surface area contributed by atoms with Crippen LogP contribution in [-0.4, -0.2) is 22.2 Å². The van der Waals surface area contributed by atoms with E-state index in [0.717, 1.165) is 60.9 Å². The number of hydrogen-bond donors (Lipinski definition) is 1. The van der Waals surface area contributed by atoms with Gasteiger partial charge in [0, 0.05) is 18.3 Å². The molecule has 204 valence electrons. The average Bonchev–Trinajstić information content (AvgIpc) is 2.87. The van der Waals surface area contributed by atoms with Gasteiger partial charge in [-0.05, 0) is 48.9 Å². The van der Waals surface area contributed by atoms with Gasteiger partial charge < -0.3 is 16.9 Å². The molecule has 0 spiro atoms. The predicted octanol–water partition coefficient (Wildman–Crippen LogP) is 6.53. The molecule has 0 radical (unpaired) electrons. The Morgan fingerprint density at radius 2 is 1.46 bits per heavy atom. The zero-order valence-corrected chi connectivity index (χ0v) is 28.4. The van der Waals surface area contributed by atoms with E-state index in [2.05, 4.69) is 64.3 Å². The number of oxime groups is 1. The normalized spacial score (nSPS) is 9.41. The van der Waals surface area contributed by atoms with Gasteiger partial charge in [0.2, 0.25) is 0 Å². The molecule has 0 atom stereocenters. The molecule has 5 heteroatoms. The molecule has 0 aliphatic rings. The van der Waals surface area contributed by atoms with E-state index in [1.807, 2.05) is 50.4 Å². The second-order valence-corrected chi connectivity index (χ2v) is 8.24. The minimum absolute atomic E-state index is 0. The fourth-order valence-electron chi connectivity index (χ4n) is 3.02. The van der Waals surface area contributed by atoms with Crippen LogP contribution in [0.4, 0.5) is 0 Å². The maximum Gasteiger partial charge on any atom is 1.00 e. The first-order valence-electron chi connectivity index (χ1n) is 13.3. The van der Waals surface area contributed by atoms with Crippen LogP contribution in [0.15, 0.2) is 60.5 Å². The van der Waals surface area contributed by atoms with Crippen LogP contribution in [0.2, 0.25) is 0 Å². The molecule has 0 saturated heterocycles. The molecule has 2 rings (SSSR count). The monoisotopic (exact) mass is 535 g/mol. The first-order valence-corrected chi connectivity index (χ1v) is 13.3. The molecule has 37 heavy (non-hydrogen) atoms. The summed E-state index contributed by atoms with van der Waals surface area (Å²) in [6.07, 6.45) is 12.8. The zero-order valence-electron chi connectivity index (χ0n) is 25.3. The second-order valence-electron chi connectivity index (χ2n) is 8.24. The number of allylic oxidation sites excluding steroid dienone is 1. The number of nitrogens with zero attached hydrogens (tertiary/aromatic N) is 2. The molecule has 0 fully saturated rings. The van der Waals surface area contributed by atoms with E-state index >= 15 is 0 Å². The van der Waals surface area contributed by atoms with Gasteiger partial charge >= 0.3 is 51.4 Å². The number of benzene rings is 1. The zero-order chi connectivity index (χ0) is 28.2. The third-order valence-corrected chi connectivity index (χ3v) is 4.57. The fourth-order valence-corrected chi connectivity index (χ4v) is 3.02. The van der Waals surface area contributed by atoms with Gasteiger partial charge in [0.05, 0.1) is 5.71 Å². The number of rotatable bonds is 8. The van der Waals surface area contributed by atoms with Crippen LogP contribution in [-0.2, 0) is 11.2 Å². The number of aryl methyl sites for hydroxylation is 1. The van der Waals surface area contributed by atoms with Gasteiger partial charge in [-0.1, -0.05) is 108 Å². The van der Waals surface area contributed by atoms with Gasteiger partial charge in [0.15, 0.2) is 0 Å². The topological polar surface area (TPSA) is 62.6 Å². The summed E-state index contributed by atoms with van der Waals surface area (Å²) in [4.78, 5) is 12.6. The molecule has 0 saturated carbocycles. The SMILES string of the molecule is C=C(C)c1ccc(C(=NO)C(CCC)CCC)cc1.CCC.CCc1cccnc1.C[C-]=O.[CH2-]CC.[K+]. The molecule has 0 unspecified atom stereocenters. The van der Waals surface area contributed by atoms with E-state index < -0.39 is 0 Å². The van der Waals surface area contributed by atoms with Crippen molar-refractivity contribution >= 4 is 17.6 Å². The van der Waals surface area contributed by atoms with Crippen molar-refractivity contribution in [2.75, 3.05) is 0 Å². The first-order chi connectivity index (χ1) is 17.3. The molecular formula is C32H52KN2O2-. The van der Waals surface area contributed by atoms with E-state index in [1.165, 1.54) is 25.2 Å². The van der Waals surface area contributed by atoms with Crippen molar-refractivity contribution in [3.05, 3.63) is 79.0 Å². The molecule has 1 aromatic heterocycles. The largest absolute Gasteiger partial charge is 1.00 e. The van der Waals surface area contributed by atoms with Crippen LogP contribution < -0.4 is 51.4 Å². The third kappa shape index (κ3) is 25.0. The summed E-state index contributed by atoms with van der Waals surface area (Å²) < 4.78 is 0. The maximum absolute atomic E-state index is 9.35. The molecule has 1 aromatic carbocycles. The quantitative estimate of drug-likeness (QED) is 0.137. The van der Waals surface area contributed by atoms with Crippen LogP contribution in [0, 0.1) is 12.8 Å². The van der Waals surface area contributed by atoms with Crippen molar-refractivity contribution in [1.29, 1.82) is 0 Å². The molecule has 0 aliphatic carbocycles. The first kappa shape index (κ1) is 43.0. The molecule has 2 aromatic rings. The van der Waals surface area contributed by atoms with Crippen molar-refractivity contribution in [1.82, 2.24) is 4.98 Å². The number of hydrogen-bond acceptors (Lipinski definition) is 4. The Bertz CT molecular complexity index is 767. The van der Waals surface area contributed by atoms with Crippen molar-refractivity contribution in [2.45, 2.75) is 100 Å². The Morgan fingerprint density at radius 1 is 1.03 bits per heavy atom. The fraction of sp³-hybridized carbons (Fsp3) is 0.500. The van der Waals surface area contributed by atoms with Gasteiger partial charge in [-0.3, -0.25) is 11.3 Å². The average molecular weight is 536 g/mol. The van der Waals surface area contributed by atoms with Crippen LogP contribution in [0.3, 0.4) is 0 Å². The van der Waals surface area contributed by atoms with Crippen molar-refractivity contribution in [3.8, 4) is 0 Å². The molecular weight excluding hydrogens is 483 g/mol. The van der Waals surface area contributed by atoms with Crippen LogP contribution in [0.25, 0.3) is 5.57 Å². The smallest absolute Gasteiger partial charge is 0.542 e. The Morgan fingerprint density at radius 3 is 1.73 bits per heavy atom. The standard InChI is InChI=1S/C17H25NO.C7H9N.C3H8.C3H7.C2H3O.K/c1-5-7-15(8-6-2)17(18-19)16-11-9-14(10-12-16)13(3)4;1-2-7-4-3-5-8-6-7;2*1-3-2;1-2-3;/h9-12,15,19H,3,5-8H2,1-2,4H3;3-6H,2H2,1H3;3H2,1-2H3;1,3H2,2H3;1H3;/q;;;2*-1;+1. The van der Waals surface area contributed by atoms with E-state index in [4.69, 9.17) is 4.79 Å². The number of aromatic nitrogens is 1. The molecule has 1 heterocycles. The Labute approximate surface area is 271 Å². The summed E-state index contributed by atoms with van der Waals surface area (Å²) in [5.74, 6) is 0.343. The van der Waals surface area contributed by atoms with E-state index in [1.54, 1.807) is 6.20 Å². The summed E-state index contributed by atoms with van der Waals surface area (Å²) in [5.41, 5.74) is 5.31. The van der Waals surface area contributed by atoms with Gasteiger partial charge in [0.1, 0.15) is 0 Å². The number of pyridine rings is 1. The predicted molar refractivity (Wildman–Crippen MR) is 159 cm³/mol. The molecule has 0 aliphatic heterocycles. The third-order valence-electron chi connectivity index (χ3n) is 4.57. The van der Waals surface area contributed by atoms with Crippen LogP contribution in [0.5, 0.6) is 0 Å². The van der Waals surface area contributed by atoms with E-state index in [-0.39, 0.29) is 51.4 Å². The summed E-state index contributed by atoms with van der Waals surface area (Å²) in [7, 11) is 0. The number of carbonyl (C=O) groups excluding carboxylic acids is 1. The van der Waals surface area contributed by atoms with E-state index in [0.29, 0.717) is 5.92 Å². The van der Waals surface area contributed by atoms with Gasteiger partial charge in [-0.15, -0.1) is 0 Å². The maximum atomic E-state index is 9.35. The van der Waals surface area contributed by atoms with Crippen molar-refractivity contribution < 1.29 is 61.4 Å². The Kier molecular flexibility index (Phi) is 38.2. The minimum Gasteiger partial charge on any atom is -0.542 e. The Hall–Kier alpha value is -1.11. The van der Waals surface area contributed by atoms with Crippen molar-refractivity contribution in [3.63, 3.8) is 0 Å².